The quantitative estimate of drug-likeness (QED) is 0.617. The lowest BCUT2D eigenvalue weighted by atomic mass is 9.96. The molecule has 0 radical (unpaired) electrons. The second kappa shape index (κ2) is 9.21. The van der Waals surface area contributed by atoms with E-state index in [0.717, 1.165) is 28.4 Å². The molecule has 0 aromatic heterocycles. The number of anilines is 1. The number of halogens is 1. The largest absolute Gasteiger partial charge is 0.454 e. The number of ether oxygens (including phenoxy) is 1. The minimum Gasteiger partial charge on any atom is -0.454 e. The number of para-hydroxylation sites is 1. The van der Waals surface area contributed by atoms with E-state index in [1.807, 2.05) is 31.2 Å². The molecule has 2 aromatic rings. The minimum absolute atomic E-state index is 0.00985. The van der Waals surface area contributed by atoms with Crippen LogP contribution in [-0.4, -0.2) is 49.8 Å². The molecule has 0 aliphatic carbocycles. The first kappa shape index (κ1) is 22.8. The number of hydrogen-bond acceptors (Lipinski definition) is 5. The Labute approximate surface area is 193 Å². The molecule has 0 spiro atoms. The highest BCUT2D eigenvalue weighted by Crippen LogP contribution is 2.31. The highest BCUT2D eigenvalue weighted by Gasteiger charge is 2.41. The van der Waals surface area contributed by atoms with Crippen LogP contribution in [0.2, 0.25) is 5.02 Å². The molecule has 0 N–H and O–H groups in total. The van der Waals surface area contributed by atoms with E-state index in [0.29, 0.717) is 17.9 Å². The summed E-state index contributed by atoms with van der Waals surface area (Å²) >= 11 is 5.86. The maximum Gasteiger partial charge on any atom is 0.324 e. The number of esters is 1. The van der Waals surface area contributed by atoms with Crippen molar-refractivity contribution in [1.82, 2.24) is 4.31 Å². The van der Waals surface area contributed by atoms with Crippen LogP contribution in [0.1, 0.15) is 31.7 Å². The number of carbonyl (C=O) groups is 2. The predicted molar refractivity (Wildman–Crippen MR) is 121 cm³/mol. The fourth-order valence-electron chi connectivity index (χ4n) is 4.37. The Hall–Kier alpha value is -2.42. The molecular weight excluding hydrogens is 452 g/mol. The second-order valence-corrected chi connectivity index (χ2v) is 10.4. The van der Waals surface area contributed by atoms with E-state index in [2.05, 4.69) is 0 Å². The molecule has 2 aromatic carbocycles. The SMILES string of the molecule is CC1CCc2ccccc2N1C(=O)COC(=O)[C@@H]1CCCN1S(=O)(=O)c1ccc(Cl)cc1. The van der Waals surface area contributed by atoms with Crippen molar-refractivity contribution >= 4 is 39.2 Å². The summed E-state index contributed by atoms with van der Waals surface area (Å²) in [6, 6.07) is 12.6. The van der Waals surface area contributed by atoms with E-state index >= 15 is 0 Å². The molecule has 1 fully saturated rings. The van der Waals surface area contributed by atoms with Gasteiger partial charge in [-0.2, -0.15) is 4.31 Å². The number of benzene rings is 2. The summed E-state index contributed by atoms with van der Waals surface area (Å²) in [6.45, 7) is 1.76. The lowest BCUT2D eigenvalue weighted by Crippen LogP contribution is -2.46. The lowest BCUT2D eigenvalue weighted by Gasteiger charge is -2.35. The van der Waals surface area contributed by atoms with Gasteiger partial charge in [0.25, 0.3) is 5.91 Å². The van der Waals surface area contributed by atoms with Crippen molar-refractivity contribution in [2.75, 3.05) is 18.1 Å². The van der Waals surface area contributed by atoms with Crippen molar-refractivity contribution in [3.8, 4) is 0 Å². The van der Waals surface area contributed by atoms with Gasteiger partial charge in [-0.25, -0.2) is 8.42 Å². The first-order valence-electron chi connectivity index (χ1n) is 10.6. The van der Waals surface area contributed by atoms with Crippen molar-refractivity contribution in [3.05, 3.63) is 59.1 Å². The smallest absolute Gasteiger partial charge is 0.324 e. The van der Waals surface area contributed by atoms with Crippen LogP contribution >= 0.6 is 11.6 Å². The van der Waals surface area contributed by atoms with Crippen molar-refractivity contribution in [3.63, 3.8) is 0 Å². The zero-order valence-corrected chi connectivity index (χ0v) is 19.3. The third kappa shape index (κ3) is 4.40. The van der Waals surface area contributed by atoms with Gasteiger partial charge in [-0.15, -0.1) is 0 Å². The Kier molecular flexibility index (Phi) is 6.55. The number of aryl methyl sites for hydroxylation is 1. The number of fused-ring (bicyclic) bond motifs is 1. The maximum absolute atomic E-state index is 13.0. The topological polar surface area (TPSA) is 84.0 Å². The number of nitrogens with zero attached hydrogens (tertiary/aromatic N) is 2. The summed E-state index contributed by atoms with van der Waals surface area (Å²) in [4.78, 5) is 27.4. The Morgan fingerprint density at radius 1 is 1.09 bits per heavy atom. The van der Waals surface area contributed by atoms with Gasteiger partial charge in [0.1, 0.15) is 6.04 Å². The monoisotopic (exact) mass is 476 g/mol. The summed E-state index contributed by atoms with van der Waals surface area (Å²) in [7, 11) is -3.88. The van der Waals surface area contributed by atoms with Gasteiger partial charge in [0.05, 0.1) is 4.90 Å². The minimum atomic E-state index is -3.88. The highest BCUT2D eigenvalue weighted by molar-refractivity contribution is 7.89. The Balaban J connectivity index is 1.45. The van der Waals surface area contributed by atoms with Crippen molar-refractivity contribution < 1.29 is 22.7 Å². The standard InChI is InChI=1S/C23H25ClN2O5S/c1-16-8-9-17-5-2-3-6-20(17)26(16)22(27)15-31-23(28)21-7-4-14-25(21)32(29,30)19-12-10-18(24)11-13-19/h2-3,5-6,10-13,16,21H,4,7-9,14-15H2,1H3/t16?,21-/m0/s1. The highest BCUT2D eigenvalue weighted by atomic mass is 35.5. The molecule has 2 atom stereocenters. The summed E-state index contributed by atoms with van der Waals surface area (Å²) in [5.41, 5.74) is 1.92. The van der Waals surface area contributed by atoms with Crippen molar-refractivity contribution in [1.29, 1.82) is 0 Å². The molecule has 2 aliphatic heterocycles. The molecule has 170 valence electrons. The number of carbonyl (C=O) groups excluding carboxylic acids is 2. The fraction of sp³-hybridized carbons (Fsp3) is 0.391. The van der Waals surface area contributed by atoms with Gasteiger partial charge < -0.3 is 9.64 Å². The van der Waals surface area contributed by atoms with Crippen LogP contribution in [-0.2, 0) is 30.8 Å². The first-order valence-corrected chi connectivity index (χ1v) is 12.4. The molecule has 1 saturated heterocycles. The Bertz CT molecular complexity index is 1120. The van der Waals surface area contributed by atoms with Gasteiger partial charge in [-0.3, -0.25) is 9.59 Å². The van der Waals surface area contributed by atoms with Gasteiger partial charge in [-0.05, 0) is 68.5 Å². The van der Waals surface area contributed by atoms with E-state index in [9.17, 15) is 18.0 Å². The predicted octanol–water partition coefficient (Wildman–Crippen LogP) is 3.40. The summed E-state index contributed by atoms with van der Waals surface area (Å²) < 4.78 is 32.5. The molecule has 2 aliphatic rings. The first-order chi connectivity index (χ1) is 15.3. The molecule has 4 rings (SSSR count). The Morgan fingerprint density at radius 2 is 1.81 bits per heavy atom. The van der Waals surface area contributed by atoms with E-state index in [-0.39, 0.29) is 23.4 Å². The van der Waals surface area contributed by atoms with Crippen LogP contribution in [0.15, 0.2) is 53.4 Å². The van der Waals surface area contributed by atoms with E-state index in [4.69, 9.17) is 16.3 Å². The maximum atomic E-state index is 13.0. The van der Waals surface area contributed by atoms with Crippen molar-refractivity contribution in [2.24, 2.45) is 0 Å². The summed E-state index contributed by atoms with van der Waals surface area (Å²) in [5, 5.41) is 0.424. The molecule has 0 bridgehead atoms. The third-order valence-electron chi connectivity index (χ3n) is 6.03. The number of hydrogen-bond donors (Lipinski definition) is 0. The van der Waals surface area contributed by atoms with Gasteiger partial charge in [0, 0.05) is 23.3 Å². The molecule has 1 unspecified atom stereocenters. The average molecular weight is 477 g/mol. The lowest BCUT2D eigenvalue weighted by molar-refractivity contribution is -0.151. The van der Waals surface area contributed by atoms with Crippen LogP contribution in [0, 0.1) is 0 Å². The number of amides is 1. The van der Waals surface area contributed by atoms with Crippen LogP contribution in [0.3, 0.4) is 0 Å². The molecule has 0 saturated carbocycles. The second-order valence-electron chi connectivity index (χ2n) is 8.12. The zero-order valence-electron chi connectivity index (χ0n) is 17.7. The Morgan fingerprint density at radius 3 is 2.56 bits per heavy atom. The molecule has 9 heteroatoms. The van der Waals surface area contributed by atoms with Crippen molar-refractivity contribution in [2.45, 2.75) is 49.6 Å². The number of rotatable bonds is 5. The molecule has 1 amide bonds. The fourth-order valence-corrected chi connectivity index (χ4v) is 6.15. The molecular formula is C23H25ClN2O5S. The summed E-state index contributed by atoms with van der Waals surface area (Å²) in [5.74, 6) is -1.02. The van der Waals surface area contributed by atoms with Crippen LogP contribution < -0.4 is 4.90 Å². The molecule has 2 heterocycles. The van der Waals surface area contributed by atoms with Gasteiger partial charge in [-0.1, -0.05) is 29.8 Å². The number of sulfonamides is 1. The van der Waals surface area contributed by atoms with E-state index in [1.54, 1.807) is 4.90 Å². The average Bonchev–Trinajstić information content (AvgIpc) is 3.28. The van der Waals surface area contributed by atoms with Gasteiger partial charge in [0.2, 0.25) is 10.0 Å². The van der Waals surface area contributed by atoms with Gasteiger partial charge in [0.15, 0.2) is 6.61 Å². The van der Waals surface area contributed by atoms with Crippen LogP contribution in [0.25, 0.3) is 0 Å². The van der Waals surface area contributed by atoms with E-state index < -0.39 is 28.6 Å². The molecule has 7 nitrogen and oxygen atoms in total. The normalized spacial score (nSPS) is 21.2. The van der Waals surface area contributed by atoms with Gasteiger partial charge >= 0.3 is 5.97 Å². The molecule has 32 heavy (non-hydrogen) atoms. The van der Waals surface area contributed by atoms with E-state index in [1.165, 1.54) is 24.3 Å². The van der Waals surface area contributed by atoms with Crippen LogP contribution in [0.5, 0.6) is 0 Å². The summed E-state index contributed by atoms with van der Waals surface area (Å²) in [6.07, 6.45) is 2.60. The zero-order chi connectivity index (χ0) is 22.9. The van der Waals surface area contributed by atoms with Crippen LogP contribution in [0.4, 0.5) is 5.69 Å². The third-order valence-corrected chi connectivity index (χ3v) is 8.20.